The van der Waals surface area contributed by atoms with Crippen molar-refractivity contribution in [2.45, 2.75) is 39.3 Å². The number of nitrogens with zero attached hydrogens (tertiary/aromatic N) is 1. The van der Waals surface area contributed by atoms with Gasteiger partial charge in [-0.25, -0.2) is 0 Å². The Labute approximate surface area is 127 Å². The molecule has 4 heteroatoms. The summed E-state index contributed by atoms with van der Waals surface area (Å²) in [5, 5.41) is 3.34. The molecule has 1 aromatic carbocycles. The molecule has 0 bridgehead atoms. The van der Waals surface area contributed by atoms with Gasteiger partial charge in [-0.05, 0) is 45.0 Å². The molecule has 0 radical (unpaired) electrons. The van der Waals surface area contributed by atoms with Crippen LogP contribution in [0, 0.1) is 0 Å². The molecule has 1 aliphatic heterocycles. The summed E-state index contributed by atoms with van der Waals surface area (Å²) in [5.74, 6) is 1.02. The van der Waals surface area contributed by atoms with Crippen LogP contribution in [-0.2, 0) is 0 Å². The highest BCUT2D eigenvalue weighted by atomic mass is 16.5. The van der Waals surface area contributed by atoms with Crippen molar-refractivity contribution in [3.8, 4) is 5.75 Å². The monoisotopic (exact) mass is 290 g/mol. The maximum Gasteiger partial charge on any atom is 0.164 e. The van der Waals surface area contributed by atoms with E-state index in [2.05, 4.69) is 17.1 Å². The molecule has 0 aliphatic carbocycles. The normalized spacial score (nSPS) is 17.7. The van der Waals surface area contributed by atoms with Crippen LogP contribution in [0.2, 0.25) is 0 Å². The highest BCUT2D eigenvalue weighted by molar-refractivity contribution is 5.96. The number of rotatable bonds is 6. The van der Waals surface area contributed by atoms with Crippen molar-refractivity contribution in [1.82, 2.24) is 10.2 Å². The molecule has 1 heterocycles. The van der Waals surface area contributed by atoms with Crippen molar-refractivity contribution >= 4 is 5.78 Å². The van der Waals surface area contributed by atoms with Crippen LogP contribution in [0.15, 0.2) is 24.3 Å². The number of nitrogens with one attached hydrogen (secondary N) is 1. The molecule has 116 valence electrons. The molecule has 0 aromatic heterocycles. The van der Waals surface area contributed by atoms with E-state index in [4.69, 9.17) is 4.74 Å². The van der Waals surface area contributed by atoms with Crippen molar-refractivity contribution in [1.29, 1.82) is 0 Å². The van der Waals surface area contributed by atoms with E-state index in [1.54, 1.807) is 0 Å². The molecule has 4 nitrogen and oxygen atoms in total. The predicted octanol–water partition coefficient (Wildman–Crippen LogP) is 2.34. The highest BCUT2D eigenvalue weighted by Gasteiger charge is 2.19. The van der Waals surface area contributed by atoms with Gasteiger partial charge in [0.1, 0.15) is 5.75 Å². The van der Waals surface area contributed by atoms with Gasteiger partial charge >= 0.3 is 0 Å². The van der Waals surface area contributed by atoms with Crippen molar-refractivity contribution in [2.75, 3.05) is 26.2 Å². The zero-order chi connectivity index (χ0) is 15.2. The lowest BCUT2D eigenvalue weighted by atomic mass is 10.0. The Morgan fingerprint density at radius 1 is 1.19 bits per heavy atom. The van der Waals surface area contributed by atoms with Crippen LogP contribution in [-0.4, -0.2) is 49.0 Å². The van der Waals surface area contributed by atoms with Gasteiger partial charge in [0.25, 0.3) is 0 Å². The third-order valence-corrected chi connectivity index (χ3v) is 3.80. The summed E-state index contributed by atoms with van der Waals surface area (Å²) < 4.78 is 5.60. The molecule has 1 fully saturated rings. The minimum absolute atomic E-state index is 0.152. The summed E-state index contributed by atoms with van der Waals surface area (Å²) in [6.45, 7) is 10.2. The van der Waals surface area contributed by atoms with E-state index in [1.807, 2.05) is 38.1 Å². The molecule has 1 aromatic rings. The van der Waals surface area contributed by atoms with Gasteiger partial charge in [-0.3, -0.25) is 9.69 Å². The lowest BCUT2D eigenvalue weighted by Gasteiger charge is -2.32. The Balaban J connectivity index is 1.90. The molecule has 0 amide bonds. The first-order chi connectivity index (χ1) is 10.1. The Morgan fingerprint density at radius 3 is 2.38 bits per heavy atom. The fourth-order valence-electron chi connectivity index (χ4n) is 2.63. The molecule has 1 aliphatic rings. The van der Waals surface area contributed by atoms with Crippen LogP contribution in [0.25, 0.3) is 0 Å². The molecule has 0 spiro atoms. The van der Waals surface area contributed by atoms with Crippen molar-refractivity contribution in [3.63, 3.8) is 0 Å². The third-order valence-electron chi connectivity index (χ3n) is 3.80. The quantitative estimate of drug-likeness (QED) is 0.817. The van der Waals surface area contributed by atoms with Crippen molar-refractivity contribution in [3.05, 3.63) is 29.8 Å². The van der Waals surface area contributed by atoms with Gasteiger partial charge < -0.3 is 10.1 Å². The van der Waals surface area contributed by atoms with E-state index in [9.17, 15) is 4.79 Å². The first kappa shape index (κ1) is 16.0. The summed E-state index contributed by atoms with van der Waals surface area (Å²) in [6.07, 6.45) is 0.726. The third kappa shape index (κ3) is 4.83. The topological polar surface area (TPSA) is 41.6 Å². The number of Topliss-reactive ketones (excluding diaryl/α,β-unsaturated/α-hetero) is 1. The van der Waals surface area contributed by atoms with Crippen molar-refractivity contribution in [2.24, 2.45) is 0 Å². The first-order valence-corrected chi connectivity index (χ1v) is 7.81. The fraction of sp³-hybridized carbons (Fsp3) is 0.588. The molecule has 1 atom stereocenters. The lowest BCUT2D eigenvalue weighted by molar-refractivity contribution is 0.0918. The molecular formula is C17H26N2O2. The Morgan fingerprint density at radius 2 is 1.81 bits per heavy atom. The van der Waals surface area contributed by atoms with E-state index in [-0.39, 0.29) is 11.9 Å². The number of ketones is 1. The summed E-state index contributed by atoms with van der Waals surface area (Å²) in [6, 6.07) is 7.78. The average molecular weight is 290 g/mol. The van der Waals surface area contributed by atoms with Crippen LogP contribution >= 0.6 is 0 Å². The average Bonchev–Trinajstić information content (AvgIpc) is 2.48. The lowest BCUT2D eigenvalue weighted by Crippen LogP contribution is -2.48. The maximum atomic E-state index is 12.3. The van der Waals surface area contributed by atoms with Gasteiger partial charge in [0.2, 0.25) is 0 Å². The number of piperazine rings is 1. The van der Waals surface area contributed by atoms with Gasteiger partial charge in [0.05, 0.1) is 6.10 Å². The number of hydrogen-bond acceptors (Lipinski definition) is 4. The van der Waals surface area contributed by atoms with Gasteiger partial charge in [-0.2, -0.15) is 0 Å². The number of benzene rings is 1. The standard InChI is InChI=1S/C17H26N2O2/c1-13(2)21-16-6-4-15(5-7-16)17(20)12-14(3)19-10-8-18-9-11-19/h4-7,13-14,18H,8-12H2,1-3H3. The molecule has 1 N–H and O–H groups in total. The smallest absolute Gasteiger partial charge is 0.164 e. The molecular weight excluding hydrogens is 264 g/mol. The van der Waals surface area contributed by atoms with Crippen LogP contribution in [0.5, 0.6) is 5.75 Å². The van der Waals surface area contributed by atoms with Gasteiger partial charge in [-0.1, -0.05) is 0 Å². The highest BCUT2D eigenvalue weighted by Crippen LogP contribution is 2.16. The second-order valence-electron chi connectivity index (χ2n) is 5.95. The van der Waals surface area contributed by atoms with E-state index in [0.29, 0.717) is 12.5 Å². The van der Waals surface area contributed by atoms with Crippen molar-refractivity contribution < 1.29 is 9.53 Å². The molecule has 0 saturated carbocycles. The van der Waals surface area contributed by atoms with E-state index in [1.165, 1.54) is 0 Å². The first-order valence-electron chi connectivity index (χ1n) is 7.81. The Hall–Kier alpha value is -1.39. The number of carbonyl (C=O) groups excluding carboxylic acids is 1. The zero-order valence-corrected chi connectivity index (χ0v) is 13.3. The number of carbonyl (C=O) groups is 1. The minimum atomic E-state index is 0.152. The van der Waals surface area contributed by atoms with E-state index in [0.717, 1.165) is 37.5 Å². The summed E-state index contributed by atoms with van der Waals surface area (Å²) >= 11 is 0. The van der Waals surface area contributed by atoms with Crippen LogP contribution in [0.1, 0.15) is 37.6 Å². The van der Waals surface area contributed by atoms with E-state index < -0.39 is 0 Å². The van der Waals surface area contributed by atoms with Crippen LogP contribution < -0.4 is 10.1 Å². The second-order valence-corrected chi connectivity index (χ2v) is 5.95. The zero-order valence-electron chi connectivity index (χ0n) is 13.3. The summed E-state index contributed by atoms with van der Waals surface area (Å²) in [7, 11) is 0. The number of ether oxygens (including phenoxy) is 1. The second kappa shape index (κ2) is 7.57. The Kier molecular flexibility index (Phi) is 5.76. The SMILES string of the molecule is CC(C)Oc1ccc(C(=O)CC(C)N2CCNCC2)cc1. The number of hydrogen-bond donors (Lipinski definition) is 1. The summed E-state index contributed by atoms with van der Waals surface area (Å²) in [5.41, 5.74) is 0.771. The molecule has 1 saturated heterocycles. The minimum Gasteiger partial charge on any atom is -0.491 e. The summed E-state index contributed by atoms with van der Waals surface area (Å²) in [4.78, 5) is 14.7. The van der Waals surface area contributed by atoms with Gasteiger partial charge in [0, 0.05) is 44.2 Å². The molecule has 21 heavy (non-hydrogen) atoms. The largest absolute Gasteiger partial charge is 0.491 e. The van der Waals surface area contributed by atoms with Crippen LogP contribution in [0.4, 0.5) is 0 Å². The van der Waals surface area contributed by atoms with Gasteiger partial charge in [-0.15, -0.1) is 0 Å². The predicted molar refractivity (Wildman–Crippen MR) is 85.1 cm³/mol. The molecule has 2 rings (SSSR count). The van der Waals surface area contributed by atoms with Gasteiger partial charge in [0.15, 0.2) is 5.78 Å². The molecule has 1 unspecified atom stereocenters. The fourth-order valence-corrected chi connectivity index (χ4v) is 2.63. The van der Waals surface area contributed by atoms with E-state index >= 15 is 0 Å². The van der Waals surface area contributed by atoms with Crippen LogP contribution in [0.3, 0.4) is 0 Å². The maximum absolute atomic E-state index is 12.3. The Bertz CT molecular complexity index is 450.